The van der Waals surface area contributed by atoms with E-state index in [0.29, 0.717) is 18.9 Å². The summed E-state index contributed by atoms with van der Waals surface area (Å²) in [6, 6.07) is 15.9. The Morgan fingerprint density at radius 2 is 1.89 bits per heavy atom. The summed E-state index contributed by atoms with van der Waals surface area (Å²) < 4.78 is 7.25. The molecule has 0 N–H and O–H groups in total. The fourth-order valence-electron chi connectivity index (χ4n) is 2.82. The van der Waals surface area contributed by atoms with Crippen LogP contribution >= 0.6 is 11.8 Å². The average Bonchev–Trinajstić information content (AvgIpc) is 3.09. The summed E-state index contributed by atoms with van der Waals surface area (Å²) in [7, 11) is 1.67. The van der Waals surface area contributed by atoms with Gasteiger partial charge in [0, 0.05) is 18.2 Å². The minimum Gasteiger partial charge on any atom is -0.383 e. The third kappa shape index (κ3) is 4.64. The molecule has 0 amide bonds. The Bertz CT molecular complexity index is 922. The van der Waals surface area contributed by atoms with E-state index >= 15 is 0 Å². The van der Waals surface area contributed by atoms with Crippen LogP contribution < -0.4 is 0 Å². The molecule has 0 saturated heterocycles. The molecule has 0 spiro atoms. The third-order valence-corrected chi connectivity index (χ3v) is 5.26. The molecule has 2 aromatic carbocycles. The summed E-state index contributed by atoms with van der Waals surface area (Å²) in [5.41, 5.74) is 3.85. The molecule has 3 rings (SSSR count). The van der Waals surface area contributed by atoms with Gasteiger partial charge in [0.05, 0.1) is 18.9 Å². The van der Waals surface area contributed by atoms with Gasteiger partial charge in [-0.15, -0.1) is 10.2 Å². The first-order chi connectivity index (χ1) is 13.1. The summed E-state index contributed by atoms with van der Waals surface area (Å²) in [6.45, 7) is 5.15. The van der Waals surface area contributed by atoms with Gasteiger partial charge in [-0.05, 0) is 25.5 Å². The number of Topliss-reactive ketones (excluding diaryl/α,β-unsaturated/α-hetero) is 1. The zero-order valence-electron chi connectivity index (χ0n) is 15.8. The maximum atomic E-state index is 12.7. The van der Waals surface area contributed by atoms with E-state index < -0.39 is 0 Å². The number of methoxy groups -OCH3 is 1. The number of ether oxygens (including phenoxy) is 1. The van der Waals surface area contributed by atoms with Gasteiger partial charge in [0.15, 0.2) is 16.8 Å². The molecular formula is C21H23N3O2S. The van der Waals surface area contributed by atoms with Crippen LogP contribution in [0.3, 0.4) is 0 Å². The lowest BCUT2D eigenvalue weighted by Crippen LogP contribution is -2.10. The van der Waals surface area contributed by atoms with Crippen molar-refractivity contribution >= 4 is 17.5 Å². The van der Waals surface area contributed by atoms with E-state index in [2.05, 4.69) is 10.2 Å². The van der Waals surface area contributed by atoms with Gasteiger partial charge in [-0.3, -0.25) is 9.36 Å². The third-order valence-electron chi connectivity index (χ3n) is 4.29. The summed E-state index contributed by atoms with van der Waals surface area (Å²) >= 11 is 1.41. The van der Waals surface area contributed by atoms with Crippen molar-refractivity contribution in [3.63, 3.8) is 0 Å². The molecular weight excluding hydrogens is 358 g/mol. The number of aryl methyl sites for hydroxylation is 2. The Balaban J connectivity index is 1.81. The van der Waals surface area contributed by atoms with Crippen molar-refractivity contribution in [1.29, 1.82) is 0 Å². The van der Waals surface area contributed by atoms with Gasteiger partial charge in [0.25, 0.3) is 0 Å². The molecule has 0 fully saturated rings. The minimum atomic E-state index is 0.101. The predicted octanol–water partition coefficient (Wildman–Crippen LogP) is 4.18. The molecule has 0 aliphatic rings. The lowest BCUT2D eigenvalue weighted by atomic mass is 10.0. The Morgan fingerprint density at radius 1 is 1.11 bits per heavy atom. The van der Waals surface area contributed by atoms with Crippen molar-refractivity contribution in [2.24, 2.45) is 0 Å². The Hall–Kier alpha value is -2.44. The molecule has 1 aromatic heterocycles. The molecule has 3 aromatic rings. The highest BCUT2D eigenvalue weighted by molar-refractivity contribution is 7.99. The standard InChI is InChI=1S/C21H23N3O2S/c1-15-9-10-16(2)18(13-15)19(25)14-27-21-23-22-20(24(21)11-12-26-3)17-7-5-4-6-8-17/h4-10,13H,11-12,14H2,1-3H3. The number of rotatable bonds is 8. The lowest BCUT2D eigenvalue weighted by molar-refractivity contribution is 0.102. The van der Waals surface area contributed by atoms with Gasteiger partial charge >= 0.3 is 0 Å². The number of hydrogen-bond donors (Lipinski definition) is 0. The Morgan fingerprint density at radius 3 is 2.63 bits per heavy atom. The van der Waals surface area contributed by atoms with E-state index in [9.17, 15) is 4.79 Å². The number of aromatic nitrogens is 3. The molecule has 27 heavy (non-hydrogen) atoms. The topological polar surface area (TPSA) is 57.0 Å². The molecule has 5 nitrogen and oxygen atoms in total. The largest absolute Gasteiger partial charge is 0.383 e. The molecule has 0 atom stereocenters. The van der Waals surface area contributed by atoms with Gasteiger partial charge in [0.2, 0.25) is 0 Å². The SMILES string of the molecule is COCCn1c(SCC(=O)c2cc(C)ccc2C)nnc1-c1ccccc1. The van der Waals surface area contributed by atoms with Crippen LogP contribution in [0.2, 0.25) is 0 Å². The highest BCUT2D eigenvalue weighted by atomic mass is 32.2. The molecule has 1 heterocycles. The lowest BCUT2D eigenvalue weighted by Gasteiger charge is -2.10. The second kappa shape index (κ2) is 8.97. The number of ketones is 1. The number of thioether (sulfide) groups is 1. The molecule has 0 saturated carbocycles. The monoisotopic (exact) mass is 381 g/mol. The smallest absolute Gasteiger partial charge is 0.192 e. The Labute approximate surface area is 163 Å². The second-order valence-electron chi connectivity index (χ2n) is 6.35. The normalized spacial score (nSPS) is 10.9. The predicted molar refractivity (Wildman–Crippen MR) is 108 cm³/mol. The van der Waals surface area contributed by atoms with E-state index in [1.165, 1.54) is 11.8 Å². The number of benzene rings is 2. The van der Waals surface area contributed by atoms with Crippen molar-refractivity contribution in [3.05, 3.63) is 65.2 Å². The molecule has 0 aliphatic heterocycles. The fraction of sp³-hybridized carbons (Fsp3) is 0.286. The molecule has 0 bridgehead atoms. The van der Waals surface area contributed by atoms with Crippen LogP contribution in [0.1, 0.15) is 21.5 Å². The molecule has 0 aliphatic carbocycles. The minimum absolute atomic E-state index is 0.101. The van der Waals surface area contributed by atoms with Crippen LogP contribution in [-0.2, 0) is 11.3 Å². The second-order valence-corrected chi connectivity index (χ2v) is 7.29. The van der Waals surface area contributed by atoms with E-state index in [-0.39, 0.29) is 5.78 Å². The first-order valence-corrected chi connectivity index (χ1v) is 9.79. The van der Waals surface area contributed by atoms with Crippen molar-refractivity contribution in [3.8, 4) is 11.4 Å². The van der Waals surface area contributed by atoms with Crippen molar-refractivity contribution in [1.82, 2.24) is 14.8 Å². The summed E-state index contributed by atoms with van der Waals surface area (Å²) in [5, 5.41) is 9.39. The highest BCUT2D eigenvalue weighted by Gasteiger charge is 2.17. The first-order valence-electron chi connectivity index (χ1n) is 8.81. The van der Waals surface area contributed by atoms with Crippen LogP contribution in [-0.4, -0.2) is 40.0 Å². The molecule has 140 valence electrons. The number of carbonyl (C=O) groups excluding carboxylic acids is 1. The first kappa shape index (κ1) is 19.3. The van der Waals surface area contributed by atoms with Crippen LogP contribution in [0.15, 0.2) is 53.7 Å². The van der Waals surface area contributed by atoms with E-state index in [1.54, 1.807) is 7.11 Å². The Kier molecular flexibility index (Phi) is 6.42. The summed E-state index contributed by atoms with van der Waals surface area (Å²) in [5.74, 6) is 1.21. The quantitative estimate of drug-likeness (QED) is 0.433. The van der Waals surface area contributed by atoms with Crippen molar-refractivity contribution in [2.75, 3.05) is 19.5 Å². The van der Waals surface area contributed by atoms with Crippen LogP contribution in [0.4, 0.5) is 0 Å². The van der Waals surface area contributed by atoms with Crippen molar-refractivity contribution in [2.45, 2.75) is 25.5 Å². The van der Waals surface area contributed by atoms with E-state index in [0.717, 1.165) is 33.2 Å². The molecule has 0 unspecified atom stereocenters. The van der Waals surface area contributed by atoms with Gasteiger partial charge in [0.1, 0.15) is 0 Å². The molecule has 6 heteroatoms. The fourth-order valence-corrected chi connectivity index (χ4v) is 3.67. The van der Waals surface area contributed by atoms with Crippen LogP contribution in [0.25, 0.3) is 11.4 Å². The maximum Gasteiger partial charge on any atom is 0.192 e. The average molecular weight is 382 g/mol. The van der Waals surface area contributed by atoms with Gasteiger partial charge in [-0.25, -0.2) is 0 Å². The summed E-state index contributed by atoms with van der Waals surface area (Å²) in [6.07, 6.45) is 0. The number of nitrogens with zero attached hydrogens (tertiary/aromatic N) is 3. The summed E-state index contributed by atoms with van der Waals surface area (Å²) in [4.78, 5) is 12.7. The number of carbonyl (C=O) groups is 1. The number of hydrogen-bond acceptors (Lipinski definition) is 5. The van der Waals surface area contributed by atoms with E-state index in [1.807, 2.05) is 66.9 Å². The highest BCUT2D eigenvalue weighted by Crippen LogP contribution is 2.25. The van der Waals surface area contributed by atoms with Gasteiger partial charge < -0.3 is 4.74 Å². The van der Waals surface area contributed by atoms with Gasteiger partial charge in [-0.1, -0.05) is 59.8 Å². The van der Waals surface area contributed by atoms with Crippen molar-refractivity contribution < 1.29 is 9.53 Å². The van der Waals surface area contributed by atoms with Crippen LogP contribution in [0, 0.1) is 13.8 Å². The van der Waals surface area contributed by atoms with Gasteiger partial charge in [-0.2, -0.15) is 0 Å². The van der Waals surface area contributed by atoms with Crippen LogP contribution in [0.5, 0.6) is 0 Å². The zero-order valence-corrected chi connectivity index (χ0v) is 16.6. The maximum absolute atomic E-state index is 12.7. The van der Waals surface area contributed by atoms with E-state index in [4.69, 9.17) is 4.74 Å². The molecule has 0 radical (unpaired) electrons. The zero-order chi connectivity index (χ0) is 19.2.